The maximum atomic E-state index is 12.4. The van der Waals surface area contributed by atoms with Gasteiger partial charge in [0, 0.05) is 5.92 Å². The van der Waals surface area contributed by atoms with Crippen LogP contribution >= 0.6 is 0 Å². The SMILES string of the molecule is C=C(C(=O)OC1C2OC3C1OC1CCC2C13)C(F)(F)F. The molecule has 4 nitrogen and oxygen atoms in total. The minimum Gasteiger partial charge on any atom is -0.453 e. The van der Waals surface area contributed by atoms with E-state index in [1.165, 1.54) is 0 Å². The largest absolute Gasteiger partial charge is 0.453 e. The van der Waals surface area contributed by atoms with Crippen LogP contribution in [0.2, 0.25) is 0 Å². The van der Waals surface area contributed by atoms with Crippen molar-refractivity contribution in [3.05, 3.63) is 12.2 Å². The number of carbonyl (C=O) groups excluding carboxylic acids is 1. The molecule has 0 radical (unpaired) electrons. The van der Waals surface area contributed by atoms with Crippen LogP contribution in [0.5, 0.6) is 0 Å². The first-order valence-electron chi connectivity index (χ1n) is 6.66. The third kappa shape index (κ3) is 1.47. The zero-order valence-corrected chi connectivity index (χ0v) is 10.4. The number of halogens is 3. The van der Waals surface area contributed by atoms with Gasteiger partial charge in [0.1, 0.15) is 17.8 Å². The first-order chi connectivity index (χ1) is 9.38. The first kappa shape index (κ1) is 12.6. The van der Waals surface area contributed by atoms with Gasteiger partial charge in [-0.1, -0.05) is 6.58 Å². The number of hydrogen-bond donors (Lipinski definition) is 0. The van der Waals surface area contributed by atoms with Gasteiger partial charge >= 0.3 is 12.1 Å². The Hall–Kier alpha value is -1.08. The predicted octanol–water partition coefficient (Wildman–Crippen LogP) is 1.59. The Morgan fingerprint density at radius 1 is 1.15 bits per heavy atom. The molecule has 110 valence electrons. The van der Waals surface area contributed by atoms with E-state index in [0.29, 0.717) is 5.92 Å². The Balaban J connectivity index is 1.52. The molecule has 0 amide bonds. The summed E-state index contributed by atoms with van der Waals surface area (Å²) >= 11 is 0. The van der Waals surface area contributed by atoms with Crippen molar-refractivity contribution in [3.63, 3.8) is 0 Å². The fourth-order valence-electron chi connectivity index (χ4n) is 4.18. The zero-order chi connectivity index (χ0) is 14.2. The van der Waals surface area contributed by atoms with E-state index in [1.54, 1.807) is 0 Å². The van der Waals surface area contributed by atoms with Crippen molar-refractivity contribution in [2.24, 2.45) is 11.8 Å². The molecule has 3 aliphatic heterocycles. The molecule has 7 atom stereocenters. The molecule has 7 heteroatoms. The summed E-state index contributed by atoms with van der Waals surface area (Å²) in [6, 6.07) is 0. The normalized spacial score (nSPS) is 47.9. The van der Waals surface area contributed by atoms with Gasteiger partial charge in [0.2, 0.25) is 0 Å². The van der Waals surface area contributed by atoms with Gasteiger partial charge in [0.05, 0.1) is 12.2 Å². The molecule has 7 unspecified atom stereocenters. The van der Waals surface area contributed by atoms with E-state index in [1.807, 2.05) is 0 Å². The van der Waals surface area contributed by atoms with Crippen LogP contribution in [0.3, 0.4) is 0 Å². The molecule has 1 saturated carbocycles. The predicted molar refractivity (Wildman–Crippen MR) is 58.6 cm³/mol. The third-order valence-electron chi connectivity index (χ3n) is 4.96. The quantitative estimate of drug-likeness (QED) is 0.572. The van der Waals surface area contributed by atoms with Gasteiger partial charge in [-0.05, 0) is 18.8 Å². The van der Waals surface area contributed by atoms with Crippen LogP contribution in [-0.4, -0.2) is 42.7 Å². The molecule has 1 aliphatic carbocycles. The Bertz CT molecular complexity index is 486. The van der Waals surface area contributed by atoms with E-state index >= 15 is 0 Å². The number of hydrogen-bond acceptors (Lipinski definition) is 4. The van der Waals surface area contributed by atoms with Gasteiger partial charge in [-0.2, -0.15) is 13.2 Å². The number of rotatable bonds is 2. The second-order valence-corrected chi connectivity index (χ2v) is 5.87. The highest BCUT2D eigenvalue weighted by molar-refractivity contribution is 5.89. The molecule has 4 fully saturated rings. The molecule has 0 aromatic rings. The van der Waals surface area contributed by atoms with Crippen molar-refractivity contribution in [1.82, 2.24) is 0 Å². The fraction of sp³-hybridized carbons (Fsp3) is 0.769. The van der Waals surface area contributed by atoms with Crippen molar-refractivity contribution in [3.8, 4) is 0 Å². The first-order valence-corrected chi connectivity index (χ1v) is 6.66. The molecule has 4 rings (SSSR count). The molecule has 0 aromatic carbocycles. The summed E-state index contributed by atoms with van der Waals surface area (Å²) in [5, 5.41) is 0. The van der Waals surface area contributed by atoms with Crippen LogP contribution in [0, 0.1) is 11.8 Å². The van der Waals surface area contributed by atoms with Gasteiger partial charge in [-0.25, -0.2) is 4.79 Å². The highest BCUT2D eigenvalue weighted by Crippen LogP contribution is 2.59. The van der Waals surface area contributed by atoms with Gasteiger partial charge in [-0.3, -0.25) is 0 Å². The molecule has 2 bridgehead atoms. The van der Waals surface area contributed by atoms with Gasteiger partial charge in [0.15, 0.2) is 6.10 Å². The van der Waals surface area contributed by atoms with Crippen LogP contribution in [0.1, 0.15) is 12.8 Å². The summed E-state index contributed by atoms with van der Waals surface area (Å²) in [6.45, 7) is 2.76. The number of carbonyl (C=O) groups is 1. The second kappa shape index (κ2) is 3.76. The minimum absolute atomic E-state index is 0.106. The number of alkyl halides is 3. The van der Waals surface area contributed by atoms with Crippen molar-refractivity contribution < 1.29 is 32.2 Å². The van der Waals surface area contributed by atoms with Crippen molar-refractivity contribution in [1.29, 1.82) is 0 Å². The number of fused-ring (bicyclic) bond motifs is 2. The van der Waals surface area contributed by atoms with E-state index in [2.05, 4.69) is 6.58 Å². The Morgan fingerprint density at radius 2 is 1.90 bits per heavy atom. The molecule has 0 N–H and O–H groups in total. The lowest BCUT2D eigenvalue weighted by Crippen LogP contribution is -2.44. The van der Waals surface area contributed by atoms with E-state index in [9.17, 15) is 18.0 Å². The standard InChI is InChI=1S/C13H13F3O4/c1-4(13(14,15)16)12(17)20-10-8-5-2-3-6-7(5)9(19-8)11(10)18-6/h5-11H,1-3H2. The van der Waals surface area contributed by atoms with Crippen LogP contribution in [0.4, 0.5) is 13.2 Å². The average molecular weight is 290 g/mol. The molecular formula is C13H13F3O4. The lowest BCUT2D eigenvalue weighted by Gasteiger charge is -2.28. The average Bonchev–Trinajstić information content (AvgIpc) is 3.02. The molecule has 4 aliphatic rings. The van der Waals surface area contributed by atoms with Crippen LogP contribution in [-0.2, 0) is 19.0 Å². The molecule has 0 spiro atoms. The van der Waals surface area contributed by atoms with Crippen molar-refractivity contribution in [2.45, 2.75) is 49.5 Å². The van der Waals surface area contributed by atoms with Gasteiger partial charge < -0.3 is 14.2 Å². The Kier molecular flexibility index (Phi) is 2.38. The summed E-state index contributed by atoms with van der Waals surface area (Å²) in [6.07, 6.45) is -4.41. The monoisotopic (exact) mass is 290 g/mol. The van der Waals surface area contributed by atoms with E-state index in [4.69, 9.17) is 14.2 Å². The smallest absolute Gasteiger partial charge is 0.422 e. The minimum atomic E-state index is -4.77. The maximum absolute atomic E-state index is 12.4. The van der Waals surface area contributed by atoms with E-state index in [-0.39, 0.29) is 24.2 Å². The lowest BCUT2D eigenvalue weighted by atomic mass is 9.80. The van der Waals surface area contributed by atoms with Crippen LogP contribution in [0.15, 0.2) is 12.2 Å². The summed E-state index contributed by atoms with van der Waals surface area (Å²) in [5.41, 5.74) is -1.49. The molecule has 3 saturated heterocycles. The summed E-state index contributed by atoms with van der Waals surface area (Å²) in [7, 11) is 0. The molecule has 0 aromatic heterocycles. The topological polar surface area (TPSA) is 44.8 Å². The van der Waals surface area contributed by atoms with Crippen molar-refractivity contribution >= 4 is 5.97 Å². The second-order valence-electron chi connectivity index (χ2n) is 5.87. The zero-order valence-electron chi connectivity index (χ0n) is 10.4. The number of esters is 1. The third-order valence-corrected chi connectivity index (χ3v) is 4.96. The maximum Gasteiger partial charge on any atom is 0.422 e. The van der Waals surface area contributed by atoms with Gasteiger partial charge in [0.25, 0.3) is 0 Å². The van der Waals surface area contributed by atoms with Gasteiger partial charge in [-0.15, -0.1) is 0 Å². The highest BCUT2D eigenvalue weighted by Gasteiger charge is 2.70. The van der Waals surface area contributed by atoms with Crippen LogP contribution < -0.4 is 0 Å². The summed E-state index contributed by atoms with van der Waals surface area (Å²) in [5.74, 6) is -0.868. The molecule has 20 heavy (non-hydrogen) atoms. The molecular weight excluding hydrogens is 277 g/mol. The Morgan fingerprint density at radius 3 is 2.60 bits per heavy atom. The van der Waals surface area contributed by atoms with E-state index < -0.39 is 29.9 Å². The van der Waals surface area contributed by atoms with Crippen molar-refractivity contribution in [2.75, 3.05) is 0 Å². The summed E-state index contributed by atoms with van der Waals surface area (Å²) in [4.78, 5) is 11.6. The number of ether oxygens (including phenoxy) is 3. The highest BCUT2D eigenvalue weighted by atomic mass is 19.4. The Labute approximate surface area is 112 Å². The molecule has 3 heterocycles. The summed E-state index contributed by atoms with van der Waals surface area (Å²) < 4.78 is 53.9. The van der Waals surface area contributed by atoms with E-state index in [0.717, 1.165) is 12.8 Å². The fourth-order valence-corrected chi connectivity index (χ4v) is 4.18. The van der Waals surface area contributed by atoms with Crippen LogP contribution in [0.25, 0.3) is 0 Å². The lowest BCUT2D eigenvalue weighted by molar-refractivity contribution is -0.164.